The molecule has 2 aromatic rings. The van der Waals surface area contributed by atoms with Crippen molar-refractivity contribution >= 4 is 11.8 Å². The van der Waals surface area contributed by atoms with Gasteiger partial charge in [-0.2, -0.15) is 5.10 Å². The molecular formula is C15H21FN4S. The summed E-state index contributed by atoms with van der Waals surface area (Å²) >= 11 is 1.58. The molecule has 0 bridgehead atoms. The summed E-state index contributed by atoms with van der Waals surface area (Å²) < 4.78 is 15.1. The number of halogens is 1. The zero-order chi connectivity index (χ0) is 15.2. The molecule has 0 saturated heterocycles. The second kappa shape index (κ2) is 7.59. The van der Waals surface area contributed by atoms with Gasteiger partial charge in [-0.3, -0.25) is 16.0 Å². The average Bonchev–Trinajstić information content (AvgIpc) is 2.92. The van der Waals surface area contributed by atoms with Crippen molar-refractivity contribution in [2.24, 2.45) is 5.84 Å². The zero-order valence-electron chi connectivity index (χ0n) is 12.3. The van der Waals surface area contributed by atoms with E-state index in [0.29, 0.717) is 6.04 Å². The SMILES string of the molecule is CC(C)n1ccc(CC(CSc2cccc(F)c2)NN)n1. The Bertz CT molecular complexity index is 570. The van der Waals surface area contributed by atoms with Crippen LogP contribution in [0.3, 0.4) is 0 Å². The lowest BCUT2D eigenvalue weighted by Gasteiger charge is -2.14. The van der Waals surface area contributed by atoms with Gasteiger partial charge in [0, 0.05) is 35.3 Å². The molecule has 1 aromatic carbocycles. The Morgan fingerprint density at radius 2 is 2.19 bits per heavy atom. The maximum absolute atomic E-state index is 13.1. The number of aromatic nitrogens is 2. The maximum Gasteiger partial charge on any atom is 0.124 e. The quantitative estimate of drug-likeness (QED) is 0.469. The average molecular weight is 308 g/mol. The van der Waals surface area contributed by atoms with Gasteiger partial charge in [0.25, 0.3) is 0 Å². The lowest BCUT2D eigenvalue weighted by Crippen LogP contribution is -2.38. The molecule has 1 aromatic heterocycles. The number of nitrogens with zero attached hydrogens (tertiary/aromatic N) is 2. The number of hydrazine groups is 1. The van der Waals surface area contributed by atoms with Crippen molar-refractivity contribution in [1.82, 2.24) is 15.2 Å². The molecule has 4 nitrogen and oxygen atoms in total. The first-order valence-electron chi connectivity index (χ1n) is 6.97. The molecule has 0 aliphatic rings. The van der Waals surface area contributed by atoms with Gasteiger partial charge in [0.05, 0.1) is 5.69 Å². The molecular weight excluding hydrogens is 287 g/mol. The molecule has 1 atom stereocenters. The van der Waals surface area contributed by atoms with E-state index < -0.39 is 0 Å². The standard InChI is InChI=1S/C15H21FN4S/c1-11(2)20-7-6-13(19-20)9-14(18-17)10-21-15-5-3-4-12(16)8-15/h3-8,11,14,18H,9-10,17H2,1-2H3. The molecule has 1 unspecified atom stereocenters. The second-order valence-corrected chi connectivity index (χ2v) is 6.31. The van der Waals surface area contributed by atoms with Gasteiger partial charge >= 0.3 is 0 Å². The van der Waals surface area contributed by atoms with Gasteiger partial charge < -0.3 is 0 Å². The minimum Gasteiger partial charge on any atom is -0.271 e. The molecule has 0 saturated carbocycles. The molecule has 1 heterocycles. The first-order chi connectivity index (χ1) is 10.1. The van der Waals surface area contributed by atoms with Crippen molar-refractivity contribution in [3.05, 3.63) is 48.0 Å². The first-order valence-corrected chi connectivity index (χ1v) is 7.95. The molecule has 0 spiro atoms. The number of rotatable bonds is 7. The van der Waals surface area contributed by atoms with Crippen LogP contribution in [0.1, 0.15) is 25.6 Å². The van der Waals surface area contributed by atoms with E-state index in [9.17, 15) is 4.39 Å². The number of hydrogen-bond donors (Lipinski definition) is 2. The summed E-state index contributed by atoms with van der Waals surface area (Å²) in [5, 5.41) is 4.52. The lowest BCUT2D eigenvalue weighted by molar-refractivity contribution is 0.513. The van der Waals surface area contributed by atoms with E-state index in [1.807, 2.05) is 23.0 Å². The summed E-state index contributed by atoms with van der Waals surface area (Å²) in [5.41, 5.74) is 3.82. The first kappa shape index (κ1) is 16.0. The molecule has 0 fully saturated rings. The Hall–Kier alpha value is -1.37. The van der Waals surface area contributed by atoms with Crippen LogP contribution >= 0.6 is 11.8 Å². The van der Waals surface area contributed by atoms with Crippen LogP contribution in [0.25, 0.3) is 0 Å². The van der Waals surface area contributed by atoms with E-state index in [-0.39, 0.29) is 11.9 Å². The summed E-state index contributed by atoms with van der Waals surface area (Å²) in [5.74, 6) is 6.15. The minimum absolute atomic E-state index is 0.0915. The summed E-state index contributed by atoms with van der Waals surface area (Å²) in [4.78, 5) is 0.906. The van der Waals surface area contributed by atoms with Crippen molar-refractivity contribution < 1.29 is 4.39 Å². The van der Waals surface area contributed by atoms with Crippen LogP contribution in [0.15, 0.2) is 41.4 Å². The Labute approximate surface area is 128 Å². The minimum atomic E-state index is -0.215. The molecule has 114 valence electrons. The third kappa shape index (κ3) is 4.84. The number of thioether (sulfide) groups is 1. The van der Waals surface area contributed by atoms with E-state index in [1.165, 1.54) is 12.1 Å². The molecule has 6 heteroatoms. The predicted molar refractivity (Wildman–Crippen MR) is 84.6 cm³/mol. The highest BCUT2D eigenvalue weighted by Gasteiger charge is 2.11. The maximum atomic E-state index is 13.1. The van der Waals surface area contributed by atoms with Gasteiger partial charge in [0.1, 0.15) is 5.82 Å². The molecule has 0 radical (unpaired) electrons. The molecule has 0 aliphatic carbocycles. The fourth-order valence-electron chi connectivity index (χ4n) is 1.95. The molecule has 0 aliphatic heterocycles. The van der Waals surface area contributed by atoms with Gasteiger partial charge in [0.2, 0.25) is 0 Å². The van der Waals surface area contributed by atoms with Gasteiger partial charge in [0.15, 0.2) is 0 Å². The number of benzene rings is 1. The van der Waals surface area contributed by atoms with Crippen LogP contribution in [0, 0.1) is 5.82 Å². The van der Waals surface area contributed by atoms with Crippen LogP contribution < -0.4 is 11.3 Å². The van der Waals surface area contributed by atoms with E-state index in [0.717, 1.165) is 22.8 Å². The Morgan fingerprint density at radius 1 is 1.38 bits per heavy atom. The fourth-order valence-corrected chi connectivity index (χ4v) is 2.92. The van der Waals surface area contributed by atoms with Gasteiger partial charge in [-0.25, -0.2) is 4.39 Å². The van der Waals surface area contributed by atoms with Crippen molar-refractivity contribution in [3.8, 4) is 0 Å². The van der Waals surface area contributed by atoms with Crippen LogP contribution in [0.5, 0.6) is 0 Å². The highest BCUT2D eigenvalue weighted by atomic mass is 32.2. The van der Waals surface area contributed by atoms with Crippen LogP contribution in [0.2, 0.25) is 0 Å². The topological polar surface area (TPSA) is 55.9 Å². The fraction of sp³-hybridized carbons (Fsp3) is 0.400. The normalized spacial score (nSPS) is 12.8. The Balaban J connectivity index is 1.90. The number of nitrogens with one attached hydrogen (secondary N) is 1. The molecule has 3 N–H and O–H groups in total. The van der Waals surface area contributed by atoms with Crippen molar-refractivity contribution in [2.75, 3.05) is 5.75 Å². The summed E-state index contributed by atoms with van der Waals surface area (Å²) in [6.45, 7) is 4.19. The number of hydrogen-bond acceptors (Lipinski definition) is 4. The van der Waals surface area contributed by atoms with Gasteiger partial charge in [-0.15, -0.1) is 11.8 Å². The molecule has 0 amide bonds. The van der Waals surface area contributed by atoms with Crippen LogP contribution in [-0.4, -0.2) is 21.6 Å². The second-order valence-electron chi connectivity index (χ2n) is 5.22. The largest absolute Gasteiger partial charge is 0.271 e. The molecule has 21 heavy (non-hydrogen) atoms. The summed E-state index contributed by atoms with van der Waals surface area (Å²) in [7, 11) is 0. The van der Waals surface area contributed by atoms with Gasteiger partial charge in [-0.05, 0) is 38.1 Å². The lowest BCUT2D eigenvalue weighted by atomic mass is 10.2. The van der Waals surface area contributed by atoms with E-state index in [1.54, 1.807) is 17.8 Å². The van der Waals surface area contributed by atoms with Crippen molar-refractivity contribution in [3.63, 3.8) is 0 Å². The zero-order valence-corrected chi connectivity index (χ0v) is 13.1. The smallest absolute Gasteiger partial charge is 0.124 e. The third-order valence-corrected chi connectivity index (χ3v) is 4.29. The van der Waals surface area contributed by atoms with Crippen molar-refractivity contribution in [1.29, 1.82) is 0 Å². The molecule has 2 rings (SSSR count). The van der Waals surface area contributed by atoms with E-state index in [4.69, 9.17) is 5.84 Å². The predicted octanol–water partition coefficient (Wildman–Crippen LogP) is 2.77. The Morgan fingerprint density at radius 3 is 2.81 bits per heavy atom. The van der Waals surface area contributed by atoms with Crippen LogP contribution in [0.4, 0.5) is 4.39 Å². The highest BCUT2D eigenvalue weighted by molar-refractivity contribution is 7.99. The summed E-state index contributed by atoms with van der Waals surface area (Å²) in [6.07, 6.45) is 2.73. The summed E-state index contributed by atoms with van der Waals surface area (Å²) in [6, 6.07) is 9.05. The van der Waals surface area contributed by atoms with Crippen LogP contribution in [-0.2, 0) is 6.42 Å². The third-order valence-electron chi connectivity index (χ3n) is 3.13. The highest BCUT2D eigenvalue weighted by Crippen LogP contribution is 2.20. The van der Waals surface area contributed by atoms with Gasteiger partial charge in [-0.1, -0.05) is 6.07 Å². The number of nitrogens with two attached hydrogens (primary N) is 1. The van der Waals surface area contributed by atoms with E-state index >= 15 is 0 Å². The van der Waals surface area contributed by atoms with Crippen molar-refractivity contribution in [2.45, 2.75) is 37.2 Å². The Kier molecular flexibility index (Phi) is 5.78. The monoisotopic (exact) mass is 308 g/mol. The van der Waals surface area contributed by atoms with E-state index in [2.05, 4.69) is 24.4 Å².